The van der Waals surface area contributed by atoms with Crippen molar-refractivity contribution in [3.05, 3.63) is 59.4 Å². The Labute approximate surface area is 198 Å². The van der Waals surface area contributed by atoms with Gasteiger partial charge in [0, 0.05) is 24.7 Å². The minimum Gasteiger partial charge on any atom is -0.481 e. The number of carbonyl (C=O) groups excluding carboxylic acids is 1. The third kappa shape index (κ3) is 6.23. The molecule has 33 heavy (non-hydrogen) atoms. The Balaban J connectivity index is 1.64. The van der Waals surface area contributed by atoms with Crippen LogP contribution in [0.4, 0.5) is 5.69 Å². The minimum atomic E-state index is -3.36. The van der Waals surface area contributed by atoms with E-state index in [2.05, 4.69) is 10.1 Å². The number of aromatic nitrogens is 2. The van der Waals surface area contributed by atoms with Gasteiger partial charge < -0.3 is 14.2 Å². The third-order valence-electron chi connectivity index (χ3n) is 4.92. The Morgan fingerprint density at radius 1 is 1.18 bits per heavy atom. The molecule has 0 bridgehead atoms. The van der Waals surface area contributed by atoms with Gasteiger partial charge in [-0.25, -0.2) is 8.42 Å². The van der Waals surface area contributed by atoms with Crippen LogP contribution in [0.3, 0.4) is 0 Å². The first kappa shape index (κ1) is 24.5. The summed E-state index contributed by atoms with van der Waals surface area (Å²) in [7, 11) is -0.271. The molecule has 0 radical (unpaired) electrons. The van der Waals surface area contributed by atoms with Crippen LogP contribution in [-0.2, 0) is 21.4 Å². The zero-order valence-electron chi connectivity index (χ0n) is 18.7. The molecule has 1 amide bonds. The highest BCUT2D eigenvalue weighted by molar-refractivity contribution is 7.92. The van der Waals surface area contributed by atoms with Gasteiger partial charge in [-0.05, 0) is 42.8 Å². The number of anilines is 1. The van der Waals surface area contributed by atoms with Crippen LogP contribution in [0.15, 0.2) is 53.1 Å². The smallest absolute Gasteiger partial charge is 0.263 e. The van der Waals surface area contributed by atoms with E-state index in [-0.39, 0.29) is 18.3 Å². The molecular weight excluding hydrogens is 468 g/mol. The van der Waals surface area contributed by atoms with Crippen LogP contribution >= 0.6 is 11.6 Å². The number of ether oxygens (including phenoxy) is 1. The van der Waals surface area contributed by atoms with Gasteiger partial charge in [0.25, 0.3) is 5.91 Å². The van der Waals surface area contributed by atoms with Crippen molar-refractivity contribution >= 4 is 33.2 Å². The number of likely N-dealkylation sites (N-methyl/N-ethyl adjacent to an activating group) is 1. The maximum atomic E-state index is 12.9. The van der Waals surface area contributed by atoms with E-state index in [1.165, 1.54) is 11.9 Å². The first-order valence-electron chi connectivity index (χ1n) is 10.1. The highest BCUT2D eigenvalue weighted by Gasteiger charge is 2.24. The fourth-order valence-corrected chi connectivity index (χ4v) is 3.68. The summed E-state index contributed by atoms with van der Waals surface area (Å²) in [5.74, 6) is 0.868. The van der Waals surface area contributed by atoms with Gasteiger partial charge >= 0.3 is 0 Å². The van der Waals surface area contributed by atoms with E-state index in [0.29, 0.717) is 34.3 Å². The summed E-state index contributed by atoms with van der Waals surface area (Å²) in [4.78, 5) is 18.7. The summed E-state index contributed by atoms with van der Waals surface area (Å²) in [5, 5.41) is 4.51. The normalized spacial score (nSPS) is 12.3. The van der Waals surface area contributed by atoms with Crippen LogP contribution in [0.25, 0.3) is 11.4 Å². The van der Waals surface area contributed by atoms with Crippen LogP contribution in [0.2, 0.25) is 5.02 Å². The zero-order chi connectivity index (χ0) is 24.2. The van der Waals surface area contributed by atoms with Crippen LogP contribution in [0.5, 0.6) is 5.75 Å². The number of hydrogen-bond donors (Lipinski definition) is 0. The molecule has 0 aliphatic carbocycles. The number of rotatable bonds is 9. The third-order valence-corrected chi connectivity index (χ3v) is 6.36. The number of carbonyl (C=O) groups is 1. The lowest BCUT2D eigenvalue weighted by atomic mass is 10.2. The number of amides is 1. The van der Waals surface area contributed by atoms with Crippen LogP contribution in [0, 0.1) is 0 Å². The molecule has 0 saturated carbocycles. The van der Waals surface area contributed by atoms with E-state index < -0.39 is 16.1 Å². The Bertz CT molecular complexity index is 1210. The Kier molecular flexibility index (Phi) is 7.60. The van der Waals surface area contributed by atoms with Crippen molar-refractivity contribution < 1.29 is 22.5 Å². The van der Waals surface area contributed by atoms with Crippen molar-refractivity contribution in [1.29, 1.82) is 0 Å². The molecule has 0 fully saturated rings. The van der Waals surface area contributed by atoms with Crippen molar-refractivity contribution in [3.8, 4) is 17.1 Å². The van der Waals surface area contributed by atoms with Gasteiger partial charge in [-0.2, -0.15) is 4.98 Å². The topological polar surface area (TPSA) is 106 Å². The lowest BCUT2D eigenvalue weighted by Gasteiger charge is -2.23. The van der Waals surface area contributed by atoms with Gasteiger partial charge in [-0.1, -0.05) is 35.8 Å². The van der Waals surface area contributed by atoms with Crippen LogP contribution in [-0.4, -0.2) is 55.8 Å². The van der Waals surface area contributed by atoms with E-state index in [9.17, 15) is 13.2 Å². The van der Waals surface area contributed by atoms with Crippen LogP contribution in [0.1, 0.15) is 19.2 Å². The van der Waals surface area contributed by atoms with E-state index in [4.69, 9.17) is 20.9 Å². The van der Waals surface area contributed by atoms with Gasteiger partial charge in [0.15, 0.2) is 6.10 Å². The Morgan fingerprint density at radius 3 is 2.48 bits per heavy atom. The summed E-state index contributed by atoms with van der Waals surface area (Å²) in [6.45, 7) is 1.95. The lowest BCUT2D eigenvalue weighted by molar-refractivity contribution is -0.138. The molecule has 9 nitrogen and oxygen atoms in total. The molecule has 0 spiro atoms. The van der Waals surface area contributed by atoms with E-state index in [1.54, 1.807) is 49.5 Å². The fourth-order valence-electron chi connectivity index (χ4n) is 2.99. The quantitative estimate of drug-likeness (QED) is 0.449. The Morgan fingerprint density at radius 2 is 1.88 bits per heavy atom. The van der Waals surface area contributed by atoms with Crippen molar-refractivity contribution in [2.24, 2.45) is 0 Å². The van der Waals surface area contributed by atoms with Crippen molar-refractivity contribution in [1.82, 2.24) is 15.0 Å². The second kappa shape index (κ2) is 10.2. The highest BCUT2D eigenvalue weighted by atomic mass is 35.5. The van der Waals surface area contributed by atoms with Crippen molar-refractivity contribution in [2.45, 2.75) is 26.0 Å². The first-order valence-corrected chi connectivity index (χ1v) is 12.3. The van der Waals surface area contributed by atoms with Crippen LogP contribution < -0.4 is 9.04 Å². The highest BCUT2D eigenvalue weighted by Crippen LogP contribution is 2.23. The molecule has 1 aromatic heterocycles. The molecule has 0 aliphatic heterocycles. The number of halogens is 1. The number of sulfonamides is 1. The molecule has 1 unspecified atom stereocenters. The standard InChI is InChI=1S/C22H25ClN4O5S/c1-5-19(31-18-11-9-17(10-12-18)27(3)33(4,29)30)22(28)26(2)14-20-24-21(25-32-20)15-7-6-8-16(23)13-15/h6-13,19H,5,14H2,1-4H3. The van der Waals surface area contributed by atoms with Gasteiger partial charge in [0.1, 0.15) is 5.75 Å². The van der Waals surface area contributed by atoms with Gasteiger partial charge in [-0.3, -0.25) is 9.10 Å². The SMILES string of the molecule is CCC(Oc1ccc(N(C)S(C)(=O)=O)cc1)C(=O)N(C)Cc1nc(-c2cccc(Cl)c2)no1. The molecule has 3 rings (SSSR count). The predicted octanol–water partition coefficient (Wildman–Crippen LogP) is 3.60. The summed E-state index contributed by atoms with van der Waals surface area (Å²) in [6, 6.07) is 13.6. The minimum absolute atomic E-state index is 0.115. The molecule has 1 atom stereocenters. The summed E-state index contributed by atoms with van der Waals surface area (Å²) in [6.07, 6.45) is 0.829. The number of benzene rings is 2. The Hall–Kier alpha value is -3.11. The average Bonchev–Trinajstić information content (AvgIpc) is 3.24. The zero-order valence-corrected chi connectivity index (χ0v) is 20.3. The summed E-state index contributed by atoms with van der Waals surface area (Å²) in [5.41, 5.74) is 1.21. The molecule has 176 valence electrons. The lowest BCUT2D eigenvalue weighted by Crippen LogP contribution is -2.39. The molecule has 0 aliphatic rings. The second-order valence-corrected chi connectivity index (χ2v) is 9.91. The maximum absolute atomic E-state index is 12.9. The van der Waals surface area contributed by atoms with Gasteiger partial charge in [0.2, 0.25) is 21.7 Å². The largest absolute Gasteiger partial charge is 0.481 e. The summed E-state index contributed by atoms with van der Waals surface area (Å²) < 4.78 is 35.6. The fraction of sp³-hybridized carbons (Fsp3) is 0.318. The van der Waals surface area contributed by atoms with Crippen molar-refractivity contribution in [3.63, 3.8) is 0 Å². The molecule has 0 N–H and O–H groups in total. The molecule has 1 heterocycles. The predicted molar refractivity (Wildman–Crippen MR) is 126 cm³/mol. The monoisotopic (exact) mass is 492 g/mol. The molecule has 3 aromatic rings. The maximum Gasteiger partial charge on any atom is 0.263 e. The number of nitrogens with zero attached hydrogens (tertiary/aromatic N) is 4. The molecular formula is C22H25ClN4O5S. The average molecular weight is 493 g/mol. The molecule has 2 aromatic carbocycles. The van der Waals surface area contributed by atoms with E-state index in [0.717, 1.165) is 10.6 Å². The van der Waals surface area contributed by atoms with Crippen molar-refractivity contribution in [2.75, 3.05) is 24.7 Å². The van der Waals surface area contributed by atoms with E-state index in [1.807, 2.05) is 13.0 Å². The van der Waals surface area contributed by atoms with Gasteiger partial charge in [-0.15, -0.1) is 0 Å². The summed E-state index contributed by atoms with van der Waals surface area (Å²) >= 11 is 6.01. The second-order valence-electron chi connectivity index (χ2n) is 7.46. The molecule has 0 saturated heterocycles. The molecule has 11 heteroatoms. The number of hydrogen-bond acceptors (Lipinski definition) is 7. The first-order chi connectivity index (χ1) is 15.6. The van der Waals surface area contributed by atoms with E-state index >= 15 is 0 Å². The van der Waals surface area contributed by atoms with Gasteiger partial charge in [0.05, 0.1) is 18.5 Å².